The van der Waals surface area contributed by atoms with E-state index in [4.69, 9.17) is 15.9 Å². The fraction of sp³-hybridized carbons (Fsp3) is 0.818. The second-order valence-electron chi connectivity index (χ2n) is 2.97. The molecule has 0 aromatic heterocycles. The first-order valence-electron chi connectivity index (χ1n) is 5.20. The second kappa shape index (κ2) is 13.8. The smallest absolute Gasteiger partial charge is 0.0590 e. The van der Waals surface area contributed by atoms with Crippen LogP contribution >= 0.6 is 11.8 Å². The number of hydrogen-bond donors (Lipinski definition) is 1. The minimum Gasteiger partial charge on any atom is -0.385 e. The third kappa shape index (κ3) is 13.8. The van der Waals surface area contributed by atoms with Gasteiger partial charge in [0.15, 0.2) is 0 Å². The molecule has 1 N–H and O–H groups in total. The molecule has 0 aliphatic heterocycles. The third-order valence-electron chi connectivity index (χ3n) is 1.67. The molecule has 0 aromatic carbocycles. The Morgan fingerprint density at radius 1 is 1.27 bits per heavy atom. The van der Waals surface area contributed by atoms with Crippen LogP contribution in [0.4, 0.5) is 0 Å². The Bertz CT molecular complexity index is 159. The zero-order chi connectivity index (χ0) is 11.2. The summed E-state index contributed by atoms with van der Waals surface area (Å²) in [6, 6.07) is 0. The summed E-state index contributed by atoms with van der Waals surface area (Å²) in [5, 5.41) is 3.29. The number of hydrogen-bond acceptors (Lipinski definition) is 4. The van der Waals surface area contributed by atoms with Crippen LogP contribution in [0.25, 0.3) is 0 Å². The van der Waals surface area contributed by atoms with Crippen LogP contribution in [0.15, 0.2) is 0 Å². The van der Waals surface area contributed by atoms with Crippen molar-refractivity contribution < 1.29 is 9.47 Å². The fourth-order valence-corrected chi connectivity index (χ4v) is 1.50. The van der Waals surface area contributed by atoms with E-state index in [0.29, 0.717) is 0 Å². The van der Waals surface area contributed by atoms with Crippen LogP contribution in [0.2, 0.25) is 0 Å². The summed E-state index contributed by atoms with van der Waals surface area (Å²) >= 11 is 1.77. The summed E-state index contributed by atoms with van der Waals surface area (Å²) in [5.41, 5.74) is 0. The Hall–Kier alpha value is -0.210. The standard InChI is InChI=1S/C11H21NO2S/c1-3-10-15-11-6-12-5-9-14-8-4-7-13-2/h1,12H,4-11H2,2H3. The Morgan fingerprint density at radius 2 is 2.13 bits per heavy atom. The molecule has 0 radical (unpaired) electrons. The number of methoxy groups -OCH3 is 1. The van der Waals surface area contributed by atoms with Crippen molar-refractivity contribution in [1.29, 1.82) is 0 Å². The molecule has 0 spiro atoms. The van der Waals surface area contributed by atoms with Gasteiger partial charge in [-0.3, -0.25) is 0 Å². The number of ether oxygens (including phenoxy) is 2. The largest absolute Gasteiger partial charge is 0.385 e. The van der Waals surface area contributed by atoms with Crippen LogP contribution in [0.5, 0.6) is 0 Å². The van der Waals surface area contributed by atoms with Gasteiger partial charge in [-0.2, -0.15) is 0 Å². The van der Waals surface area contributed by atoms with E-state index in [1.54, 1.807) is 18.9 Å². The van der Waals surface area contributed by atoms with Crippen LogP contribution in [-0.2, 0) is 9.47 Å². The average molecular weight is 231 g/mol. The molecule has 0 amide bonds. The fourth-order valence-electron chi connectivity index (χ4n) is 0.952. The van der Waals surface area contributed by atoms with E-state index >= 15 is 0 Å². The van der Waals surface area contributed by atoms with E-state index in [2.05, 4.69) is 11.2 Å². The Kier molecular flexibility index (Phi) is 13.6. The average Bonchev–Trinajstić information content (AvgIpc) is 2.26. The number of nitrogens with one attached hydrogen (secondary N) is 1. The zero-order valence-electron chi connectivity index (χ0n) is 9.46. The molecule has 0 aliphatic carbocycles. The summed E-state index contributed by atoms with van der Waals surface area (Å²) in [6.07, 6.45) is 6.09. The summed E-state index contributed by atoms with van der Waals surface area (Å²) in [5.74, 6) is 4.46. The molecule has 0 heterocycles. The zero-order valence-corrected chi connectivity index (χ0v) is 10.3. The molecule has 88 valence electrons. The van der Waals surface area contributed by atoms with Crippen molar-refractivity contribution in [2.45, 2.75) is 6.42 Å². The maximum Gasteiger partial charge on any atom is 0.0590 e. The summed E-state index contributed by atoms with van der Waals surface area (Å²) < 4.78 is 10.3. The summed E-state index contributed by atoms with van der Waals surface area (Å²) in [6.45, 7) is 4.22. The van der Waals surface area contributed by atoms with Gasteiger partial charge >= 0.3 is 0 Å². The minimum absolute atomic E-state index is 0.767. The van der Waals surface area contributed by atoms with Crippen molar-refractivity contribution in [2.24, 2.45) is 0 Å². The molecule has 0 atom stereocenters. The summed E-state index contributed by atoms with van der Waals surface area (Å²) in [7, 11) is 1.70. The maximum atomic E-state index is 5.38. The summed E-state index contributed by atoms with van der Waals surface area (Å²) in [4.78, 5) is 0. The predicted molar refractivity (Wildman–Crippen MR) is 66.3 cm³/mol. The topological polar surface area (TPSA) is 30.5 Å². The number of rotatable bonds is 11. The molecule has 0 aliphatic rings. The van der Waals surface area contributed by atoms with E-state index < -0.39 is 0 Å². The lowest BCUT2D eigenvalue weighted by atomic mass is 10.5. The maximum absolute atomic E-state index is 5.38. The molecule has 3 nitrogen and oxygen atoms in total. The van der Waals surface area contributed by atoms with Crippen LogP contribution in [0.1, 0.15) is 6.42 Å². The van der Waals surface area contributed by atoms with E-state index in [0.717, 1.165) is 50.8 Å². The van der Waals surface area contributed by atoms with Crippen LogP contribution in [-0.4, -0.2) is 51.5 Å². The van der Waals surface area contributed by atoms with E-state index in [1.165, 1.54) is 0 Å². The minimum atomic E-state index is 0.767. The highest BCUT2D eigenvalue weighted by molar-refractivity contribution is 7.99. The molecule has 0 saturated heterocycles. The van der Waals surface area contributed by atoms with Crippen molar-refractivity contribution in [1.82, 2.24) is 5.32 Å². The first kappa shape index (κ1) is 14.8. The first-order valence-corrected chi connectivity index (χ1v) is 6.36. The molecule has 4 heteroatoms. The molecule has 0 rings (SSSR count). The van der Waals surface area contributed by atoms with Gasteiger partial charge in [-0.25, -0.2) is 0 Å². The predicted octanol–water partition coefficient (Wildman–Crippen LogP) is 0.995. The van der Waals surface area contributed by atoms with Crippen LogP contribution in [0, 0.1) is 12.3 Å². The molecule has 15 heavy (non-hydrogen) atoms. The normalized spacial score (nSPS) is 10.1. The van der Waals surface area contributed by atoms with Gasteiger partial charge in [0.25, 0.3) is 0 Å². The Balaban J connectivity index is 2.84. The van der Waals surface area contributed by atoms with Gasteiger partial charge < -0.3 is 14.8 Å². The van der Waals surface area contributed by atoms with Crippen molar-refractivity contribution in [3.63, 3.8) is 0 Å². The van der Waals surface area contributed by atoms with E-state index in [-0.39, 0.29) is 0 Å². The van der Waals surface area contributed by atoms with Crippen LogP contribution in [0.3, 0.4) is 0 Å². The van der Waals surface area contributed by atoms with Gasteiger partial charge in [-0.05, 0) is 6.42 Å². The van der Waals surface area contributed by atoms with Crippen molar-refractivity contribution in [2.75, 3.05) is 51.5 Å². The lowest BCUT2D eigenvalue weighted by Crippen LogP contribution is -2.22. The molecular weight excluding hydrogens is 210 g/mol. The molecule has 0 aromatic rings. The SMILES string of the molecule is C#CCSCCNCCOCCCOC. The quantitative estimate of drug-likeness (QED) is 0.424. The number of terminal acetylenes is 1. The molecule has 0 unspecified atom stereocenters. The molecule has 0 bridgehead atoms. The van der Waals surface area contributed by atoms with Gasteiger partial charge in [0.2, 0.25) is 0 Å². The van der Waals surface area contributed by atoms with Gasteiger partial charge in [0.1, 0.15) is 0 Å². The molecular formula is C11H21NO2S. The Morgan fingerprint density at radius 3 is 2.87 bits per heavy atom. The van der Waals surface area contributed by atoms with Crippen molar-refractivity contribution >= 4 is 11.8 Å². The number of thioether (sulfide) groups is 1. The molecule has 0 fully saturated rings. The van der Waals surface area contributed by atoms with Crippen molar-refractivity contribution in [3.05, 3.63) is 0 Å². The monoisotopic (exact) mass is 231 g/mol. The van der Waals surface area contributed by atoms with Gasteiger partial charge in [-0.1, -0.05) is 5.92 Å². The van der Waals surface area contributed by atoms with Gasteiger partial charge in [0, 0.05) is 39.2 Å². The highest BCUT2D eigenvalue weighted by atomic mass is 32.2. The first-order chi connectivity index (χ1) is 7.41. The molecule has 0 saturated carbocycles. The van der Waals surface area contributed by atoms with Crippen LogP contribution < -0.4 is 5.32 Å². The second-order valence-corrected chi connectivity index (χ2v) is 4.07. The van der Waals surface area contributed by atoms with Gasteiger partial charge in [-0.15, -0.1) is 18.2 Å². The Labute approximate surface area is 97.3 Å². The lowest BCUT2D eigenvalue weighted by Gasteiger charge is -2.05. The lowest BCUT2D eigenvalue weighted by molar-refractivity contribution is 0.104. The van der Waals surface area contributed by atoms with Gasteiger partial charge in [0.05, 0.1) is 12.4 Å². The van der Waals surface area contributed by atoms with E-state index in [9.17, 15) is 0 Å². The highest BCUT2D eigenvalue weighted by Gasteiger charge is 1.90. The third-order valence-corrected chi connectivity index (χ3v) is 2.53. The van der Waals surface area contributed by atoms with E-state index in [1.807, 2.05) is 0 Å². The highest BCUT2D eigenvalue weighted by Crippen LogP contribution is 1.94. The van der Waals surface area contributed by atoms with Crippen molar-refractivity contribution in [3.8, 4) is 12.3 Å².